The van der Waals surface area contributed by atoms with Gasteiger partial charge in [0.05, 0.1) is 0 Å². The van der Waals surface area contributed by atoms with E-state index in [1.54, 1.807) is 5.38 Å². The maximum atomic E-state index is 12.3. The number of benzene rings is 2. The number of ether oxygens (including phenoxy) is 2. The molecule has 2 aromatic carbocycles. The van der Waals surface area contributed by atoms with E-state index < -0.39 is 0 Å². The predicted molar refractivity (Wildman–Crippen MR) is 97.1 cm³/mol. The van der Waals surface area contributed by atoms with E-state index in [9.17, 15) is 4.79 Å². The van der Waals surface area contributed by atoms with Gasteiger partial charge in [-0.15, -0.1) is 11.3 Å². The lowest BCUT2D eigenvalue weighted by molar-refractivity contribution is 0.102. The van der Waals surface area contributed by atoms with E-state index in [4.69, 9.17) is 9.47 Å². The molecule has 2 heterocycles. The fraction of sp³-hybridized carbons (Fsp3) is 0.111. The van der Waals surface area contributed by atoms with Crippen LogP contribution in [0.5, 0.6) is 11.5 Å². The maximum absolute atomic E-state index is 12.3. The first-order chi connectivity index (χ1) is 12.2. The quantitative estimate of drug-likeness (QED) is 0.736. The number of carbonyl (C=O) groups is 1. The topological polar surface area (TPSA) is 72.5 Å². The standard InChI is InChI=1S/C18H15N3O3S/c1-11-2-4-12(5-3-11)19-17(22)14-9-25-18(21-14)20-13-6-7-15-16(8-13)24-10-23-15/h2-9H,10H2,1H3,(H,19,22)(H,20,21). The molecular weight excluding hydrogens is 338 g/mol. The Morgan fingerprint density at radius 3 is 2.68 bits per heavy atom. The van der Waals surface area contributed by atoms with Crippen LogP contribution in [0, 0.1) is 6.92 Å². The third-order valence-corrected chi connectivity index (χ3v) is 4.43. The molecular formula is C18H15N3O3S. The van der Waals surface area contributed by atoms with Crippen molar-refractivity contribution >= 4 is 33.8 Å². The van der Waals surface area contributed by atoms with Gasteiger partial charge in [-0.2, -0.15) is 0 Å². The van der Waals surface area contributed by atoms with E-state index in [2.05, 4.69) is 15.6 Å². The molecule has 0 atom stereocenters. The number of hydrogen-bond donors (Lipinski definition) is 2. The number of aryl methyl sites for hydroxylation is 1. The summed E-state index contributed by atoms with van der Waals surface area (Å²) >= 11 is 1.36. The van der Waals surface area contributed by atoms with E-state index in [1.807, 2.05) is 49.4 Å². The van der Waals surface area contributed by atoms with Crippen LogP contribution < -0.4 is 20.1 Å². The smallest absolute Gasteiger partial charge is 0.275 e. The van der Waals surface area contributed by atoms with Crippen LogP contribution >= 0.6 is 11.3 Å². The molecule has 0 unspecified atom stereocenters. The van der Waals surface area contributed by atoms with Gasteiger partial charge in [-0.1, -0.05) is 17.7 Å². The van der Waals surface area contributed by atoms with Gasteiger partial charge in [0.1, 0.15) is 5.69 Å². The zero-order valence-electron chi connectivity index (χ0n) is 13.4. The molecule has 0 fully saturated rings. The highest BCUT2D eigenvalue weighted by Crippen LogP contribution is 2.35. The summed E-state index contributed by atoms with van der Waals surface area (Å²) in [6.45, 7) is 2.24. The molecule has 1 aliphatic rings. The van der Waals surface area contributed by atoms with Crippen molar-refractivity contribution in [3.05, 3.63) is 59.1 Å². The Morgan fingerprint density at radius 2 is 1.84 bits per heavy atom. The first kappa shape index (κ1) is 15.5. The average molecular weight is 353 g/mol. The normalized spacial score (nSPS) is 12.0. The van der Waals surface area contributed by atoms with Crippen LogP contribution in [0.25, 0.3) is 0 Å². The molecule has 4 rings (SSSR count). The van der Waals surface area contributed by atoms with Crippen LogP contribution in [-0.2, 0) is 0 Å². The number of anilines is 3. The summed E-state index contributed by atoms with van der Waals surface area (Å²) in [5, 5.41) is 8.36. The summed E-state index contributed by atoms with van der Waals surface area (Å²) < 4.78 is 10.6. The largest absolute Gasteiger partial charge is 0.454 e. The molecule has 126 valence electrons. The Kier molecular flexibility index (Phi) is 3.99. The highest BCUT2D eigenvalue weighted by atomic mass is 32.1. The van der Waals surface area contributed by atoms with E-state index in [-0.39, 0.29) is 12.7 Å². The third kappa shape index (κ3) is 3.41. The fourth-order valence-corrected chi connectivity index (χ4v) is 3.08. The average Bonchev–Trinajstić information content (AvgIpc) is 3.26. The number of rotatable bonds is 4. The monoisotopic (exact) mass is 353 g/mol. The van der Waals surface area contributed by atoms with Gasteiger partial charge in [0, 0.05) is 22.8 Å². The molecule has 0 aliphatic carbocycles. The maximum Gasteiger partial charge on any atom is 0.275 e. The van der Waals surface area contributed by atoms with Gasteiger partial charge < -0.3 is 20.1 Å². The molecule has 1 aromatic heterocycles. The highest BCUT2D eigenvalue weighted by molar-refractivity contribution is 7.14. The third-order valence-electron chi connectivity index (χ3n) is 3.67. The Bertz CT molecular complexity index is 922. The minimum absolute atomic E-state index is 0.235. The van der Waals surface area contributed by atoms with Gasteiger partial charge in [0.25, 0.3) is 5.91 Å². The molecule has 7 heteroatoms. The Morgan fingerprint density at radius 1 is 1.08 bits per heavy atom. The van der Waals surface area contributed by atoms with E-state index in [0.717, 1.165) is 22.7 Å². The van der Waals surface area contributed by atoms with Crippen LogP contribution in [0.15, 0.2) is 47.8 Å². The lowest BCUT2D eigenvalue weighted by Gasteiger charge is -2.04. The zero-order valence-corrected chi connectivity index (χ0v) is 14.2. The summed E-state index contributed by atoms with van der Waals surface area (Å²) in [4.78, 5) is 16.6. The van der Waals surface area contributed by atoms with Gasteiger partial charge in [-0.05, 0) is 31.2 Å². The lowest BCUT2D eigenvalue weighted by atomic mass is 10.2. The first-order valence-electron chi connectivity index (χ1n) is 7.67. The number of nitrogens with zero attached hydrogens (tertiary/aromatic N) is 1. The molecule has 1 aliphatic heterocycles. The highest BCUT2D eigenvalue weighted by Gasteiger charge is 2.15. The molecule has 1 amide bonds. The number of carbonyl (C=O) groups excluding carboxylic acids is 1. The number of thiazole rings is 1. The summed E-state index contributed by atoms with van der Waals surface area (Å²) in [6.07, 6.45) is 0. The van der Waals surface area contributed by atoms with Gasteiger partial charge in [-0.3, -0.25) is 4.79 Å². The van der Waals surface area contributed by atoms with Crippen molar-refractivity contribution in [1.29, 1.82) is 0 Å². The van der Waals surface area contributed by atoms with E-state index in [1.165, 1.54) is 11.3 Å². The second kappa shape index (κ2) is 6.45. The van der Waals surface area contributed by atoms with Gasteiger partial charge in [0.2, 0.25) is 6.79 Å². The van der Waals surface area contributed by atoms with Gasteiger partial charge in [-0.25, -0.2) is 4.98 Å². The molecule has 0 saturated carbocycles. The lowest BCUT2D eigenvalue weighted by Crippen LogP contribution is -2.12. The molecule has 0 spiro atoms. The molecule has 6 nitrogen and oxygen atoms in total. The SMILES string of the molecule is Cc1ccc(NC(=O)c2csc(Nc3ccc4c(c3)OCO4)n2)cc1. The minimum atomic E-state index is -0.237. The molecule has 2 N–H and O–H groups in total. The van der Waals surface area contributed by atoms with Crippen molar-refractivity contribution in [3.8, 4) is 11.5 Å². The van der Waals surface area contributed by atoms with Crippen LogP contribution in [-0.4, -0.2) is 17.7 Å². The number of amides is 1. The van der Waals surface area contributed by atoms with Crippen LogP contribution in [0.2, 0.25) is 0 Å². The Labute approximate surface area is 148 Å². The molecule has 0 bridgehead atoms. The summed E-state index contributed by atoms with van der Waals surface area (Å²) in [5.41, 5.74) is 3.08. The number of fused-ring (bicyclic) bond motifs is 1. The number of nitrogens with one attached hydrogen (secondary N) is 2. The predicted octanol–water partition coefficient (Wildman–Crippen LogP) is 4.18. The van der Waals surface area contributed by atoms with Gasteiger partial charge in [0.15, 0.2) is 16.6 Å². The second-order valence-electron chi connectivity index (χ2n) is 5.55. The second-order valence-corrected chi connectivity index (χ2v) is 6.41. The summed E-state index contributed by atoms with van der Waals surface area (Å²) in [6, 6.07) is 13.2. The van der Waals surface area contributed by atoms with Crippen LogP contribution in [0.3, 0.4) is 0 Å². The minimum Gasteiger partial charge on any atom is -0.454 e. The van der Waals surface area contributed by atoms with Gasteiger partial charge >= 0.3 is 0 Å². The van der Waals surface area contributed by atoms with Crippen molar-refractivity contribution < 1.29 is 14.3 Å². The Balaban J connectivity index is 1.44. The molecule has 25 heavy (non-hydrogen) atoms. The summed E-state index contributed by atoms with van der Waals surface area (Å²) in [7, 11) is 0. The van der Waals surface area contributed by atoms with E-state index in [0.29, 0.717) is 16.6 Å². The van der Waals surface area contributed by atoms with E-state index >= 15 is 0 Å². The van der Waals surface area contributed by atoms with Crippen molar-refractivity contribution in [3.63, 3.8) is 0 Å². The van der Waals surface area contributed by atoms with Crippen molar-refractivity contribution in [2.75, 3.05) is 17.4 Å². The molecule has 0 saturated heterocycles. The number of aromatic nitrogens is 1. The first-order valence-corrected chi connectivity index (χ1v) is 8.55. The van der Waals surface area contributed by atoms with Crippen molar-refractivity contribution in [2.24, 2.45) is 0 Å². The zero-order chi connectivity index (χ0) is 17.2. The Hall–Kier alpha value is -3.06. The van der Waals surface area contributed by atoms with Crippen molar-refractivity contribution in [2.45, 2.75) is 6.92 Å². The summed E-state index contributed by atoms with van der Waals surface area (Å²) in [5.74, 6) is 1.18. The number of hydrogen-bond acceptors (Lipinski definition) is 6. The fourth-order valence-electron chi connectivity index (χ4n) is 2.37. The van der Waals surface area contributed by atoms with Crippen LogP contribution in [0.1, 0.15) is 16.1 Å². The molecule has 0 radical (unpaired) electrons. The van der Waals surface area contributed by atoms with Crippen LogP contribution in [0.4, 0.5) is 16.5 Å². The molecule has 3 aromatic rings. The van der Waals surface area contributed by atoms with Crippen molar-refractivity contribution in [1.82, 2.24) is 4.98 Å².